The molecule has 2 nitrogen and oxygen atoms in total. The Bertz CT molecular complexity index is 635. The molecule has 1 aromatic carbocycles. The molecule has 0 aliphatic rings. The minimum absolute atomic E-state index is 0.0844. The first kappa shape index (κ1) is 13.5. The summed E-state index contributed by atoms with van der Waals surface area (Å²) in [6.45, 7) is 6.13. The van der Waals surface area contributed by atoms with E-state index in [1.807, 2.05) is 37.3 Å². The van der Waals surface area contributed by atoms with Gasteiger partial charge in [-0.15, -0.1) is 0 Å². The highest BCUT2D eigenvalue weighted by Gasteiger charge is 2.05. The van der Waals surface area contributed by atoms with E-state index in [0.29, 0.717) is 0 Å². The van der Waals surface area contributed by atoms with Crippen molar-refractivity contribution in [3.8, 4) is 0 Å². The molecule has 1 aromatic heterocycles. The van der Waals surface area contributed by atoms with Crippen LogP contribution >= 0.6 is 0 Å². The smallest absolute Gasteiger partial charge is 0.185 e. The number of ketones is 1. The molecule has 0 bridgehead atoms. The number of allylic oxidation sites excluding steroid dienone is 2. The van der Waals surface area contributed by atoms with Gasteiger partial charge in [-0.1, -0.05) is 25.5 Å². The van der Waals surface area contributed by atoms with Crippen molar-refractivity contribution in [2.45, 2.75) is 33.6 Å². The van der Waals surface area contributed by atoms with E-state index in [1.165, 1.54) is 5.57 Å². The van der Waals surface area contributed by atoms with E-state index in [-0.39, 0.29) is 5.78 Å². The first-order valence-electron chi connectivity index (χ1n) is 6.75. The van der Waals surface area contributed by atoms with Gasteiger partial charge in [-0.2, -0.15) is 0 Å². The molecule has 0 radical (unpaired) electrons. The number of aryl methyl sites for hydroxylation is 1. The molecule has 0 aliphatic heterocycles. The highest BCUT2D eigenvalue weighted by molar-refractivity contribution is 6.06. The topological polar surface area (TPSA) is 30.0 Å². The molecule has 0 atom stereocenters. The van der Waals surface area contributed by atoms with Crippen LogP contribution in [0.1, 0.15) is 42.7 Å². The zero-order valence-corrected chi connectivity index (χ0v) is 11.7. The summed E-state index contributed by atoms with van der Waals surface area (Å²) < 4.78 is 0. The number of fused-ring (bicyclic) bond motifs is 1. The minimum Gasteiger partial charge on any atom is -0.289 e. The quantitative estimate of drug-likeness (QED) is 0.594. The van der Waals surface area contributed by atoms with E-state index in [4.69, 9.17) is 0 Å². The fourth-order valence-electron chi connectivity index (χ4n) is 2.10. The van der Waals surface area contributed by atoms with Crippen LogP contribution < -0.4 is 0 Å². The van der Waals surface area contributed by atoms with Crippen LogP contribution in [-0.2, 0) is 0 Å². The van der Waals surface area contributed by atoms with Crippen molar-refractivity contribution in [2.24, 2.45) is 0 Å². The number of rotatable bonds is 4. The molecule has 0 spiro atoms. The van der Waals surface area contributed by atoms with Gasteiger partial charge in [0.1, 0.15) is 0 Å². The largest absolute Gasteiger partial charge is 0.289 e. The molecule has 0 saturated heterocycles. The van der Waals surface area contributed by atoms with Crippen molar-refractivity contribution in [3.63, 3.8) is 0 Å². The molecule has 0 N–H and O–H groups in total. The summed E-state index contributed by atoms with van der Waals surface area (Å²) in [6, 6.07) is 9.68. The van der Waals surface area contributed by atoms with Gasteiger partial charge in [-0.25, -0.2) is 0 Å². The van der Waals surface area contributed by atoms with Crippen LogP contribution in [0.15, 0.2) is 42.0 Å². The molecule has 2 rings (SSSR count). The lowest BCUT2D eigenvalue weighted by atomic mass is 10.0. The van der Waals surface area contributed by atoms with Crippen molar-refractivity contribution in [1.82, 2.24) is 4.98 Å². The number of carbonyl (C=O) groups is 1. The zero-order valence-electron chi connectivity index (χ0n) is 11.7. The number of aromatic nitrogens is 1. The van der Waals surface area contributed by atoms with Gasteiger partial charge in [-0.3, -0.25) is 9.78 Å². The number of nitrogens with zero attached hydrogens (tertiary/aromatic N) is 1. The fraction of sp³-hybridized carbons (Fsp3) is 0.294. The SMILES string of the molecule is CCC(=CC(=O)c1ccc2nc(C)ccc2c1)CC. The third kappa shape index (κ3) is 3.08. The van der Waals surface area contributed by atoms with Crippen molar-refractivity contribution < 1.29 is 4.79 Å². The molecule has 0 saturated carbocycles. The van der Waals surface area contributed by atoms with E-state index in [9.17, 15) is 4.79 Å². The van der Waals surface area contributed by atoms with Crippen LogP contribution in [0.3, 0.4) is 0 Å². The molecule has 98 valence electrons. The lowest BCUT2D eigenvalue weighted by Crippen LogP contribution is -1.97. The summed E-state index contributed by atoms with van der Waals surface area (Å²) >= 11 is 0. The summed E-state index contributed by atoms with van der Waals surface area (Å²) in [6.07, 6.45) is 3.62. The fourth-order valence-corrected chi connectivity index (χ4v) is 2.10. The van der Waals surface area contributed by atoms with Gasteiger partial charge < -0.3 is 0 Å². The summed E-state index contributed by atoms with van der Waals surface area (Å²) in [5, 5.41) is 1.01. The Kier molecular flexibility index (Phi) is 4.10. The van der Waals surface area contributed by atoms with Crippen LogP contribution in [0.25, 0.3) is 10.9 Å². The summed E-state index contributed by atoms with van der Waals surface area (Å²) in [4.78, 5) is 16.6. The van der Waals surface area contributed by atoms with E-state index in [1.54, 1.807) is 6.08 Å². The maximum atomic E-state index is 12.2. The van der Waals surface area contributed by atoms with E-state index < -0.39 is 0 Å². The second-order valence-corrected chi connectivity index (χ2v) is 4.73. The standard InChI is InChI=1S/C17H19NO/c1-4-13(5-2)10-17(19)15-8-9-16-14(11-15)7-6-12(3)18-16/h6-11H,4-5H2,1-3H3. The second kappa shape index (κ2) is 5.79. The molecule has 2 aromatic rings. The molecule has 0 fully saturated rings. The molecule has 0 amide bonds. The highest BCUT2D eigenvalue weighted by Crippen LogP contribution is 2.16. The number of hydrogen-bond donors (Lipinski definition) is 0. The molecule has 2 heteroatoms. The lowest BCUT2D eigenvalue weighted by molar-refractivity contribution is 0.104. The van der Waals surface area contributed by atoms with Gasteiger partial charge in [0, 0.05) is 16.6 Å². The van der Waals surface area contributed by atoms with Gasteiger partial charge in [0.05, 0.1) is 5.52 Å². The van der Waals surface area contributed by atoms with Crippen LogP contribution in [0.5, 0.6) is 0 Å². The maximum absolute atomic E-state index is 12.2. The summed E-state index contributed by atoms with van der Waals surface area (Å²) in [7, 11) is 0. The van der Waals surface area contributed by atoms with Crippen molar-refractivity contribution >= 4 is 16.7 Å². The Hall–Kier alpha value is -1.96. The molecular formula is C17H19NO. The molecule has 1 heterocycles. The lowest BCUT2D eigenvalue weighted by Gasteiger charge is -2.03. The average Bonchev–Trinajstić information content (AvgIpc) is 2.43. The Morgan fingerprint density at radius 1 is 1.16 bits per heavy atom. The molecule has 0 unspecified atom stereocenters. The zero-order chi connectivity index (χ0) is 13.8. The van der Waals surface area contributed by atoms with Crippen molar-refractivity contribution in [3.05, 3.63) is 53.2 Å². The van der Waals surface area contributed by atoms with Crippen molar-refractivity contribution in [2.75, 3.05) is 0 Å². The number of hydrogen-bond acceptors (Lipinski definition) is 2. The van der Waals surface area contributed by atoms with Gasteiger partial charge in [0.15, 0.2) is 5.78 Å². The molecular weight excluding hydrogens is 234 g/mol. The Morgan fingerprint density at radius 3 is 2.58 bits per heavy atom. The molecule has 0 aliphatic carbocycles. The van der Waals surface area contributed by atoms with E-state index in [2.05, 4.69) is 18.8 Å². The van der Waals surface area contributed by atoms with E-state index in [0.717, 1.165) is 35.0 Å². The second-order valence-electron chi connectivity index (χ2n) is 4.73. The Balaban J connectivity index is 2.38. The summed E-state index contributed by atoms with van der Waals surface area (Å²) in [5.74, 6) is 0.0844. The first-order chi connectivity index (χ1) is 9.13. The van der Waals surface area contributed by atoms with Gasteiger partial charge in [0.25, 0.3) is 0 Å². The van der Waals surface area contributed by atoms with Crippen LogP contribution in [0, 0.1) is 6.92 Å². The Labute approximate surface area is 114 Å². The minimum atomic E-state index is 0.0844. The highest BCUT2D eigenvalue weighted by atomic mass is 16.1. The predicted molar refractivity (Wildman–Crippen MR) is 79.5 cm³/mol. The van der Waals surface area contributed by atoms with Gasteiger partial charge in [0.2, 0.25) is 0 Å². The number of pyridine rings is 1. The predicted octanol–water partition coefficient (Wildman–Crippen LogP) is 4.47. The third-order valence-electron chi connectivity index (χ3n) is 3.36. The Morgan fingerprint density at radius 2 is 1.89 bits per heavy atom. The average molecular weight is 253 g/mol. The maximum Gasteiger partial charge on any atom is 0.185 e. The van der Waals surface area contributed by atoms with Crippen LogP contribution in [0.2, 0.25) is 0 Å². The van der Waals surface area contributed by atoms with Gasteiger partial charge in [-0.05, 0) is 50.1 Å². The van der Waals surface area contributed by atoms with Crippen LogP contribution in [-0.4, -0.2) is 10.8 Å². The monoisotopic (exact) mass is 253 g/mol. The van der Waals surface area contributed by atoms with Gasteiger partial charge >= 0.3 is 0 Å². The normalized spacial score (nSPS) is 10.5. The third-order valence-corrected chi connectivity index (χ3v) is 3.36. The van der Waals surface area contributed by atoms with Crippen LogP contribution in [0.4, 0.5) is 0 Å². The molecule has 19 heavy (non-hydrogen) atoms. The van der Waals surface area contributed by atoms with E-state index >= 15 is 0 Å². The number of carbonyl (C=O) groups excluding carboxylic acids is 1. The first-order valence-corrected chi connectivity index (χ1v) is 6.75. The summed E-state index contributed by atoms with van der Waals surface area (Å²) in [5.41, 5.74) is 3.85. The van der Waals surface area contributed by atoms with Crippen molar-refractivity contribution in [1.29, 1.82) is 0 Å². The number of benzene rings is 1.